The molecule has 1 atom stereocenters. The Balaban J connectivity index is 2.10. The first kappa shape index (κ1) is 14.5. The van der Waals surface area contributed by atoms with Gasteiger partial charge in [0, 0.05) is 6.04 Å². The van der Waals surface area contributed by atoms with Crippen molar-refractivity contribution >= 4 is 0 Å². The third-order valence-corrected chi connectivity index (χ3v) is 3.49. The second kappa shape index (κ2) is 6.53. The van der Waals surface area contributed by atoms with E-state index in [1.54, 1.807) is 6.07 Å². The van der Waals surface area contributed by atoms with E-state index >= 15 is 0 Å². The fraction of sp³-hybridized carbons (Fsp3) is 0.294. The van der Waals surface area contributed by atoms with Gasteiger partial charge in [-0.3, -0.25) is 0 Å². The number of aryl methyl sites for hydroxylation is 1. The van der Waals surface area contributed by atoms with Crippen LogP contribution in [0, 0.1) is 5.82 Å². The van der Waals surface area contributed by atoms with Gasteiger partial charge in [-0.1, -0.05) is 37.3 Å². The average molecular weight is 273 g/mol. The minimum atomic E-state index is -0.349. The van der Waals surface area contributed by atoms with E-state index in [1.807, 2.05) is 18.2 Å². The molecule has 0 saturated carbocycles. The van der Waals surface area contributed by atoms with Crippen LogP contribution in [-0.2, 0) is 12.8 Å². The zero-order chi connectivity index (χ0) is 14.5. The van der Waals surface area contributed by atoms with Gasteiger partial charge in [0.2, 0.25) is 0 Å². The summed E-state index contributed by atoms with van der Waals surface area (Å²) in [5.41, 5.74) is 9.41. The molecule has 2 nitrogen and oxygen atoms in total. The largest absolute Gasteiger partial charge is 0.494 e. The van der Waals surface area contributed by atoms with Crippen LogP contribution >= 0.6 is 0 Å². The highest BCUT2D eigenvalue weighted by Gasteiger charge is 2.09. The van der Waals surface area contributed by atoms with Gasteiger partial charge >= 0.3 is 0 Å². The van der Waals surface area contributed by atoms with Gasteiger partial charge < -0.3 is 10.5 Å². The molecule has 0 bridgehead atoms. The van der Waals surface area contributed by atoms with Crippen molar-refractivity contribution in [3.05, 3.63) is 65.0 Å². The van der Waals surface area contributed by atoms with Gasteiger partial charge in [-0.15, -0.1) is 0 Å². The topological polar surface area (TPSA) is 35.2 Å². The number of ether oxygens (including phenoxy) is 1. The van der Waals surface area contributed by atoms with Crippen molar-refractivity contribution in [2.45, 2.75) is 25.8 Å². The molecular weight excluding hydrogens is 253 g/mol. The molecule has 2 aromatic carbocycles. The molecule has 106 valence electrons. The Morgan fingerprint density at radius 3 is 2.30 bits per heavy atom. The van der Waals surface area contributed by atoms with Gasteiger partial charge in [0.1, 0.15) is 0 Å². The highest BCUT2D eigenvalue weighted by Crippen LogP contribution is 2.22. The summed E-state index contributed by atoms with van der Waals surface area (Å²) in [6, 6.07) is 13.1. The molecule has 20 heavy (non-hydrogen) atoms. The van der Waals surface area contributed by atoms with E-state index in [2.05, 4.69) is 19.1 Å². The summed E-state index contributed by atoms with van der Waals surface area (Å²) < 4.78 is 18.5. The van der Waals surface area contributed by atoms with E-state index in [1.165, 1.54) is 18.7 Å². The van der Waals surface area contributed by atoms with Crippen molar-refractivity contribution in [3.8, 4) is 5.75 Å². The minimum Gasteiger partial charge on any atom is -0.494 e. The fourth-order valence-electron chi connectivity index (χ4n) is 2.21. The van der Waals surface area contributed by atoms with Crippen LogP contribution in [0.1, 0.15) is 29.7 Å². The fourth-order valence-corrected chi connectivity index (χ4v) is 2.21. The molecule has 0 spiro atoms. The molecule has 0 aromatic heterocycles. The Morgan fingerprint density at radius 1 is 1.10 bits per heavy atom. The number of hydrogen-bond acceptors (Lipinski definition) is 2. The number of nitrogens with two attached hydrogens (primary N) is 1. The van der Waals surface area contributed by atoms with Crippen LogP contribution in [0.4, 0.5) is 4.39 Å². The van der Waals surface area contributed by atoms with Crippen LogP contribution < -0.4 is 10.5 Å². The highest BCUT2D eigenvalue weighted by molar-refractivity contribution is 5.31. The van der Waals surface area contributed by atoms with Gasteiger partial charge in [-0.25, -0.2) is 4.39 Å². The van der Waals surface area contributed by atoms with Gasteiger partial charge in [0.25, 0.3) is 0 Å². The smallest absolute Gasteiger partial charge is 0.165 e. The van der Waals surface area contributed by atoms with Crippen LogP contribution in [0.25, 0.3) is 0 Å². The molecule has 0 aliphatic rings. The first-order valence-electron chi connectivity index (χ1n) is 6.81. The summed E-state index contributed by atoms with van der Waals surface area (Å²) in [7, 11) is 1.46. The van der Waals surface area contributed by atoms with Crippen molar-refractivity contribution in [3.63, 3.8) is 0 Å². The molecule has 3 heteroatoms. The number of halogens is 1. The Morgan fingerprint density at radius 2 is 1.75 bits per heavy atom. The summed E-state index contributed by atoms with van der Waals surface area (Å²) in [6.07, 6.45) is 1.62. The molecule has 0 amide bonds. The molecule has 2 aromatic rings. The lowest BCUT2D eigenvalue weighted by Crippen LogP contribution is -2.13. The first-order chi connectivity index (χ1) is 9.63. The third-order valence-electron chi connectivity index (χ3n) is 3.49. The Kier molecular flexibility index (Phi) is 4.74. The predicted octanol–water partition coefficient (Wildman–Crippen LogP) is 3.64. The van der Waals surface area contributed by atoms with Crippen molar-refractivity contribution in [2.75, 3.05) is 7.11 Å². The maximum Gasteiger partial charge on any atom is 0.165 e. The molecular formula is C17H20FNO. The maximum atomic E-state index is 13.6. The molecule has 0 radical (unpaired) electrons. The molecule has 0 saturated heterocycles. The summed E-state index contributed by atoms with van der Waals surface area (Å²) in [4.78, 5) is 0. The number of hydrogen-bond donors (Lipinski definition) is 1. The number of rotatable bonds is 5. The zero-order valence-electron chi connectivity index (χ0n) is 11.9. The van der Waals surface area contributed by atoms with Crippen LogP contribution in [0.3, 0.4) is 0 Å². The first-order valence-corrected chi connectivity index (χ1v) is 6.81. The van der Waals surface area contributed by atoms with Gasteiger partial charge in [0.05, 0.1) is 7.11 Å². The lowest BCUT2D eigenvalue weighted by Gasteiger charge is -2.13. The molecule has 2 N–H and O–H groups in total. The summed E-state index contributed by atoms with van der Waals surface area (Å²) in [5.74, 6) is -0.0897. The van der Waals surface area contributed by atoms with E-state index in [0.29, 0.717) is 6.42 Å². The normalized spacial score (nSPS) is 12.2. The van der Waals surface area contributed by atoms with Crippen molar-refractivity contribution in [2.24, 2.45) is 5.73 Å². The third kappa shape index (κ3) is 3.36. The van der Waals surface area contributed by atoms with Gasteiger partial charge in [-0.05, 0) is 41.7 Å². The van der Waals surface area contributed by atoms with Gasteiger partial charge in [0.15, 0.2) is 11.6 Å². The summed E-state index contributed by atoms with van der Waals surface area (Å²) >= 11 is 0. The lowest BCUT2D eigenvalue weighted by molar-refractivity contribution is 0.386. The maximum absolute atomic E-state index is 13.6. The van der Waals surface area contributed by atoms with Crippen molar-refractivity contribution in [1.82, 2.24) is 0 Å². The Labute approximate surface area is 119 Å². The minimum absolute atomic E-state index is 0.131. The second-order valence-electron chi connectivity index (χ2n) is 4.87. The van der Waals surface area contributed by atoms with Crippen LogP contribution in [0.5, 0.6) is 5.75 Å². The quantitative estimate of drug-likeness (QED) is 0.902. The molecule has 0 aliphatic heterocycles. The number of benzene rings is 2. The molecule has 0 fully saturated rings. The monoisotopic (exact) mass is 273 g/mol. The van der Waals surface area contributed by atoms with Crippen molar-refractivity contribution in [1.29, 1.82) is 0 Å². The van der Waals surface area contributed by atoms with E-state index in [4.69, 9.17) is 10.5 Å². The average Bonchev–Trinajstić information content (AvgIpc) is 2.47. The van der Waals surface area contributed by atoms with Crippen LogP contribution in [-0.4, -0.2) is 7.11 Å². The molecule has 0 heterocycles. The van der Waals surface area contributed by atoms with E-state index in [0.717, 1.165) is 17.5 Å². The van der Waals surface area contributed by atoms with E-state index in [-0.39, 0.29) is 17.6 Å². The standard InChI is InChI=1S/C17H20FNO/c1-3-12-4-7-14(8-5-12)16(19)11-13-6-9-17(20-2)15(18)10-13/h4-10,16H,3,11,19H2,1-2H3. The summed E-state index contributed by atoms with van der Waals surface area (Å²) in [6.45, 7) is 2.12. The lowest BCUT2D eigenvalue weighted by atomic mass is 9.98. The predicted molar refractivity (Wildman–Crippen MR) is 79.4 cm³/mol. The Bertz CT molecular complexity index is 566. The van der Waals surface area contributed by atoms with E-state index < -0.39 is 0 Å². The van der Waals surface area contributed by atoms with Crippen LogP contribution in [0.2, 0.25) is 0 Å². The molecule has 2 rings (SSSR count). The summed E-state index contributed by atoms with van der Waals surface area (Å²) in [5, 5.41) is 0. The zero-order valence-corrected chi connectivity index (χ0v) is 11.9. The van der Waals surface area contributed by atoms with Crippen LogP contribution in [0.15, 0.2) is 42.5 Å². The molecule has 1 unspecified atom stereocenters. The Hall–Kier alpha value is -1.87. The van der Waals surface area contributed by atoms with Gasteiger partial charge in [-0.2, -0.15) is 0 Å². The van der Waals surface area contributed by atoms with E-state index in [9.17, 15) is 4.39 Å². The number of methoxy groups -OCH3 is 1. The molecule has 0 aliphatic carbocycles. The SMILES string of the molecule is CCc1ccc(C(N)Cc2ccc(OC)c(F)c2)cc1. The van der Waals surface area contributed by atoms with Crippen molar-refractivity contribution < 1.29 is 9.13 Å². The second-order valence-corrected chi connectivity index (χ2v) is 4.87. The highest BCUT2D eigenvalue weighted by atomic mass is 19.1.